The highest BCUT2D eigenvalue weighted by atomic mass is 35.5. The topological polar surface area (TPSA) is 60.0 Å². The monoisotopic (exact) mass is 293 g/mol. The van der Waals surface area contributed by atoms with Gasteiger partial charge in [0, 0.05) is 30.4 Å². The second kappa shape index (κ2) is 6.83. The number of hydrogen-bond acceptors (Lipinski definition) is 4. The molecule has 1 atom stereocenters. The summed E-state index contributed by atoms with van der Waals surface area (Å²) in [4.78, 5) is 2.21. The maximum atomic E-state index is 6.04. The minimum absolute atomic E-state index is 0.258. The standard InChI is InChI=1S/C14H20ClN5/c1-11(12-4-3-5-13(15)8-12)19(2)9-14-10-20(7-6-16)18-17-14/h3-5,8,10-11H,6-7,9,16H2,1-2H3. The molecule has 0 amide bonds. The lowest BCUT2D eigenvalue weighted by Crippen LogP contribution is -2.22. The van der Waals surface area contributed by atoms with Gasteiger partial charge in [-0.2, -0.15) is 0 Å². The lowest BCUT2D eigenvalue weighted by molar-refractivity contribution is 0.250. The molecular weight excluding hydrogens is 274 g/mol. The van der Waals surface area contributed by atoms with Crippen molar-refractivity contribution in [1.82, 2.24) is 19.9 Å². The van der Waals surface area contributed by atoms with E-state index in [9.17, 15) is 0 Å². The van der Waals surface area contributed by atoms with E-state index in [0.717, 1.165) is 17.3 Å². The minimum atomic E-state index is 0.258. The number of halogens is 1. The fourth-order valence-electron chi connectivity index (χ4n) is 2.07. The van der Waals surface area contributed by atoms with Crippen molar-refractivity contribution >= 4 is 11.6 Å². The molecule has 2 aromatic rings. The van der Waals surface area contributed by atoms with E-state index in [1.165, 1.54) is 5.56 Å². The van der Waals surface area contributed by atoms with Crippen LogP contribution in [0.2, 0.25) is 5.02 Å². The highest BCUT2D eigenvalue weighted by Gasteiger charge is 2.13. The van der Waals surface area contributed by atoms with Crippen LogP contribution in [0.5, 0.6) is 0 Å². The van der Waals surface area contributed by atoms with E-state index >= 15 is 0 Å². The second-order valence-corrected chi connectivity index (χ2v) is 5.34. The molecule has 108 valence electrons. The van der Waals surface area contributed by atoms with E-state index in [-0.39, 0.29) is 6.04 Å². The van der Waals surface area contributed by atoms with Gasteiger partial charge in [-0.05, 0) is 31.7 Å². The fourth-order valence-corrected chi connectivity index (χ4v) is 2.26. The highest BCUT2D eigenvalue weighted by molar-refractivity contribution is 6.30. The van der Waals surface area contributed by atoms with E-state index in [2.05, 4.69) is 35.2 Å². The van der Waals surface area contributed by atoms with Gasteiger partial charge in [0.05, 0.1) is 12.2 Å². The number of nitrogens with two attached hydrogens (primary N) is 1. The van der Waals surface area contributed by atoms with Crippen LogP contribution < -0.4 is 5.73 Å². The summed E-state index contributed by atoms with van der Waals surface area (Å²) in [6.07, 6.45) is 1.94. The summed E-state index contributed by atoms with van der Waals surface area (Å²) >= 11 is 6.04. The summed E-state index contributed by atoms with van der Waals surface area (Å²) in [6.45, 7) is 4.15. The Hall–Kier alpha value is -1.43. The summed E-state index contributed by atoms with van der Waals surface area (Å²) in [6, 6.07) is 8.19. The third-order valence-corrected chi connectivity index (χ3v) is 3.58. The van der Waals surface area contributed by atoms with Crippen LogP contribution in [-0.2, 0) is 13.1 Å². The quantitative estimate of drug-likeness (QED) is 0.886. The van der Waals surface area contributed by atoms with E-state index in [0.29, 0.717) is 13.1 Å². The van der Waals surface area contributed by atoms with E-state index in [1.807, 2.05) is 24.4 Å². The Morgan fingerprint density at radius 2 is 2.25 bits per heavy atom. The van der Waals surface area contributed by atoms with Crippen LogP contribution in [0, 0.1) is 0 Å². The lowest BCUT2D eigenvalue weighted by Gasteiger charge is -2.24. The molecule has 2 rings (SSSR count). The number of nitrogens with zero attached hydrogens (tertiary/aromatic N) is 4. The smallest absolute Gasteiger partial charge is 0.0967 e. The van der Waals surface area contributed by atoms with Crippen LogP contribution in [-0.4, -0.2) is 33.5 Å². The molecule has 5 nitrogen and oxygen atoms in total. The van der Waals surface area contributed by atoms with Gasteiger partial charge < -0.3 is 5.73 Å². The molecule has 6 heteroatoms. The average Bonchev–Trinajstić information content (AvgIpc) is 2.85. The molecule has 1 heterocycles. The number of benzene rings is 1. The van der Waals surface area contributed by atoms with Gasteiger partial charge in [-0.25, -0.2) is 0 Å². The molecule has 0 radical (unpaired) electrons. The van der Waals surface area contributed by atoms with Crippen LogP contribution in [0.15, 0.2) is 30.5 Å². The van der Waals surface area contributed by atoms with Gasteiger partial charge in [0.2, 0.25) is 0 Å². The largest absolute Gasteiger partial charge is 0.329 e. The van der Waals surface area contributed by atoms with Crippen molar-refractivity contribution in [2.24, 2.45) is 5.73 Å². The Morgan fingerprint density at radius 3 is 2.95 bits per heavy atom. The normalized spacial score (nSPS) is 12.8. The van der Waals surface area contributed by atoms with Crippen LogP contribution >= 0.6 is 11.6 Å². The number of rotatable bonds is 6. The lowest BCUT2D eigenvalue weighted by atomic mass is 10.1. The SMILES string of the molecule is CC(c1cccc(Cl)c1)N(C)Cc1cn(CCN)nn1. The summed E-state index contributed by atoms with van der Waals surface area (Å²) < 4.78 is 1.77. The van der Waals surface area contributed by atoms with Crippen molar-refractivity contribution in [1.29, 1.82) is 0 Å². The third kappa shape index (κ3) is 3.79. The minimum Gasteiger partial charge on any atom is -0.329 e. The summed E-state index contributed by atoms with van der Waals surface area (Å²) in [5.41, 5.74) is 7.63. The van der Waals surface area contributed by atoms with E-state index < -0.39 is 0 Å². The van der Waals surface area contributed by atoms with Crippen molar-refractivity contribution in [2.75, 3.05) is 13.6 Å². The molecule has 0 saturated heterocycles. The zero-order chi connectivity index (χ0) is 14.5. The molecule has 0 aliphatic carbocycles. The molecule has 0 spiro atoms. The predicted octanol–water partition coefficient (Wildman–Crippen LogP) is 2.08. The first-order valence-electron chi connectivity index (χ1n) is 6.65. The molecule has 0 fully saturated rings. The van der Waals surface area contributed by atoms with Crippen LogP contribution in [0.4, 0.5) is 0 Å². The first-order valence-corrected chi connectivity index (χ1v) is 7.02. The summed E-state index contributed by atoms with van der Waals surface area (Å²) in [5, 5.41) is 8.96. The summed E-state index contributed by atoms with van der Waals surface area (Å²) in [5.74, 6) is 0. The van der Waals surface area contributed by atoms with E-state index in [4.69, 9.17) is 17.3 Å². The zero-order valence-corrected chi connectivity index (χ0v) is 12.6. The van der Waals surface area contributed by atoms with Crippen LogP contribution in [0.1, 0.15) is 24.2 Å². The average molecular weight is 294 g/mol. The Morgan fingerprint density at radius 1 is 1.45 bits per heavy atom. The van der Waals surface area contributed by atoms with Crippen molar-refractivity contribution in [3.05, 3.63) is 46.7 Å². The number of aromatic nitrogens is 3. The first-order chi connectivity index (χ1) is 9.60. The van der Waals surface area contributed by atoms with Gasteiger partial charge >= 0.3 is 0 Å². The molecule has 1 aromatic heterocycles. The van der Waals surface area contributed by atoms with Gasteiger partial charge in [-0.1, -0.05) is 28.9 Å². The molecule has 0 aliphatic heterocycles. The fraction of sp³-hybridized carbons (Fsp3) is 0.429. The van der Waals surface area contributed by atoms with Gasteiger partial charge in [0.15, 0.2) is 0 Å². The molecule has 0 saturated carbocycles. The Kier molecular flexibility index (Phi) is 5.11. The predicted molar refractivity (Wildman–Crippen MR) is 80.4 cm³/mol. The Bertz CT molecular complexity index is 554. The number of hydrogen-bond donors (Lipinski definition) is 1. The van der Waals surface area contributed by atoms with Gasteiger partial charge in [0.1, 0.15) is 0 Å². The molecule has 0 bridgehead atoms. The third-order valence-electron chi connectivity index (χ3n) is 3.35. The molecule has 20 heavy (non-hydrogen) atoms. The van der Waals surface area contributed by atoms with Gasteiger partial charge in [-0.3, -0.25) is 9.58 Å². The second-order valence-electron chi connectivity index (χ2n) is 4.91. The van der Waals surface area contributed by atoms with Crippen molar-refractivity contribution in [2.45, 2.75) is 26.1 Å². The molecule has 1 unspecified atom stereocenters. The Balaban J connectivity index is 2.01. The van der Waals surface area contributed by atoms with Crippen LogP contribution in [0.3, 0.4) is 0 Å². The van der Waals surface area contributed by atoms with Crippen molar-refractivity contribution in [3.63, 3.8) is 0 Å². The summed E-state index contributed by atoms with van der Waals surface area (Å²) in [7, 11) is 2.06. The molecule has 0 aliphatic rings. The highest BCUT2D eigenvalue weighted by Crippen LogP contribution is 2.22. The molecule has 1 aromatic carbocycles. The van der Waals surface area contributed by atoms with Crippen molar-refractivity contribution < 1.29 is 0 Å². The van der Waals surface area contributed by atoms with Crippen molar-refractivity contribution in [3.8, 4) is 0 Å². The van der Waals surface area contributed by atoms with Gasteiger partial charge in [0.25, 0.3) is 0 Å². The maximum Gasteiger partial charge on any atom is 0.0967 e. The Labute approximate surface area is 124 Å². The first kappa shape index (κ1) is 15.0. The molecular formula is C14H20ClN5. The van der Waals surface area contributed by atoms with Gasteiger partial charge in [-0.15, -0.1) is 5.10 Å². The zero-order valence-electron chi connectivity index (χ0n) is 11.8. The van der Waals surface area contributed by atoms with Crippen LogP contribution in [0.25, 0.3) is 0 Å². The maximum absolute atomic E-state index is 6.04. The molecule has 2 N–H and O–H groups in total. The van der Waals surface area contributed by atoms with E-state index in [1.54, 1.807) is 4.68 Å².